The molecule has 0 saturated heterocycles. The lowest BCUT2D eigenvalue weighted by Crippen LogP contribution is -2.17. The molecule has 0 fully saturated rings. The van der Waals surface area contributed by atoms with Gasteiger partial charge in [0.2, 0.25) is 5.82 Å². The summed E-state index contributed by atoms with van der Waals surface area (Å²) in [6.07, 6.45) is 7.56. The molecule has 3 heterocycles. The first-order valence-corrected chi connectivity index (χ1v) is 5.43. The zero-order valence-electron chi connectivity index (χ0n) is 9.81. The number of nitrogens with zero attached hydrogens (tertiary/aromatic N) is 6. The second kappa shape index (κ2) is 4.68. The predicted molar refractivity (Wildman–Crippen MR) is 60.4 cm³/mol. The molecule has 20 heavy (non-hydrogen) atoms. The van der Waals surface area contributed by atoms with Gasteiger partial charge in [-0.05, 0) is 0 Å². The molecule has 0 atom stereocenters. The van der Waals surface area contributed by atoms with Crippen LogP contribution in [0.2, 0.25) is 0 Å². The van der Waals surface area contributed by atoms with Crippen LogP contribution in [-0.4, -0.2) is 30.1 Å². The second-order valence-electron chi connectivity index (χ2n) is 3.68. The van der Waals surface area contributed by atoms with Crippen LogP contribution in [-0.2, 0) is 5.92 Å². The average molecular weight is 276 g/mol. The quantitative estimate of drug-likeness (QED) is 0.715. The lowest BCUT2D eigenvalue weighted by atomic mass is 10.2. The predicted octanol–water partition coefficient (Wildman–Crippen LogP) is 1.46. The molecule has 0 aliphatic carbocycles. The van der Waals surface area contributed by atoms with Gasteiger partial charge >= 0.3 is 11.8 Å². The van der Waals surface area contributed by atoms with Crippen LogP contribution in [0.3, 0.4) is 0 Å². The molecule has 0 N–H and O–H groups in total. The second-order valence-corrected chi connectivity index (χ2v) is 3.68. The van der Waals surface area contributed by atoms with Crippen LogP contribution in [0.25, 0.3) is 11.5 Å². The van der Waals surface area contributed by atoms with E-state index in [0.717, 1.165) is 12.4 Å². The van der Waals surface area contributed by atoms with Gasteiger partial charge in [-0.15, -0.1) is 0 Å². The fourth-order valence-corrected chi connectivity index (χ4v) is 1.44. The van der Waals surface area contributed by atoms with E-state index in [1.165, 1.54) is 24.8 Å². The molecule has 0 saturated carbocycles. The van der Waals surface area contributed by atoms with E-state index in [2.05, 4.69) is 34.6 Å². The van der Waals surface area contributed by atoms with Crippen molar-refractivity contribution in [3.8, 4) is 11.5 Å². The Kier molecular flexibility index (Phi) is 2.86. The zero-order valence-corrected chi connectivity index (χ0v) is 9.81. The molecule has 3 rings (SSSR count). The van der Waals surface area contributed by atoms with Crippen LogP contribution in [0, 0.1) is 0 Å². The Morgan fingerprint density at radius 3 is 2.35 bits per heavy atom. The van der Waals surface area contributed by atoms with Crippen molar-refractivity contribution < 1.29 is 13.3 Å². The number of hydrogen-bond donors (Lipinski definition) is 0. The summed E-state index contributed by atoms with van der Waals surface area (Å²) in [6.45, 7) is 0. The summed E-state index contributed by atoms with van der Waals surface area (Å²) in [6, 6.07) is 0. The minimum absolute atomic E-state index is 0.0725. The first kappa shape index (κ1) is 12.2. The van der Waals surface area contributed by atoms with E-state index < -0.39 is 17.5 Å². The van der Waals surface area contributed by atoms with Gasteiger partial charge in [-0.3, -0.25) is 15.0 Å². The Balaban J connectivity index is 1.98. The smallest absolute Gasteiger partial charge is 0.332 e. The molecule has 0 aliphatic heterocycles. The summed E-state index contributed by atoms with van der Waals surface area (Å²) in [4.78, 5) is 18.5. The molecule has 0 aromatic carbocycles. The fraction of sp³-hybridized carbons (Fsp3) is 0.0909. The molecule has 3 aromatic rings. The average Bonchev–Trinajstić information content (AvgIpc) is 3.00. The van der Waals surface area contributed by atoms with Crippen molar-refractivity contribution >= 4 is 0 Å². The van der Waals surface area contributed by atoms with Crippen molar-refractivity contribution in [1.82, 2.24) is 30.1 Å². The summed E-state index contributed by atoms with van der Waals surface area (Å²) in [5, 5.41) is 3.46. The van der Waals surface area contributed by atoms with Crippen LogP contribution in [0.1, 0.15) is 11.6 Å². The van der Waals surface area contributed by atoms with Crippen molar-refractivity contribution in [2.24, 2.45) is 0 Å². The van der Waals surface area contributed by atoms with Gasteiger partial charge in [0, 0.05) is 24.8 Å². The third-order valence-corrected chi connectivity index (χ3v) is 2.37. The summed E-state index contributed by atoms with van der Waals surface area (Å²) in [7, 11) is 0. The molecular weight excluding hydrogens is 270 g/mol. The maximum Gasteiger partial charge on any atom is 0.368 e. The van der Waals surface area contributed by atoms with E-state index >= 15 is 0 Å². The van der Waals surface area contributed by atoms with Crippen molar-refractivity contribution in [3.63, 3.8) is 0 Å². The van der Waals surface area contributed by atoms with Gasteiger partial charge in [-0.2, -0.15) is 13.8 Å². The van der Waals surface area contributed by atoms with E-state index in [0.29, 0.717) is 0 Å². The number of rotatable bonds is 3. The summed E-state index contributed by atoms with van der Waals surface area (Å²) < 4.78 is 32.8. The SMILES string of the molecule is FC(F)(c1cnccn1)c1nc(-c2cnccn2)no1. The minimum atomic E-state index is -3.53. The monoisotopic (exact) mass is 276 g/mol. The molecule has 9 heteroatoms. The van der Waals surface area contributed by atoms with Crippen molar-refractivity contribution in [2.45, 2.75) is 5.92 Å². The molecule has 100 valence electrons. The number of alkyl halides is 2. The minimum Gasteiger partial charge on any atom is -0.332 e. The Labute approximate surface area is 110 Å². The van der Waals surface area contributed by atoms with Crippen LogP contribution < -0.4 is 0 Å². The number of hydrogen-bond acceptors (Lipinski definition) is 7. The van der Waals surface area contributed by atoms with E-state index in [1.54, 1.807) is 0 Å². The summed E-state index contributed by atoms with van der Waals surface area (Å²) in [5.41, 5.74) is -0.341. The fourth-order valence-electron chi connectivity index (χ4n) is 1.44. The maximum absolute atomic E-state index is 14.1. The largest absolute Gasteiger partial charge is 0.368 e. The van der Waals surface area contributed by atoms with E-state index in [4.69, 9.17) is 0 Å². The Bertz CT molecular complexity index is 703. The lowest BCUT2D eigenvalue weighted by Gasteiger charge is -2.09. The number of halogens is 2. The van der Waals surface area contributed by atoms with Gasteiger partial charge in [-0.25, -0.2) is 4.98 Å². The molecule has 0 bridgehead atoms. The molecule has 0 aliphatic rings. The van der Waals surface area contributed by atoms with Crippen molar-refractivity contribution in [1.29, 1.82) is 0 Å². The first-order chi connectivity index (χ1) is 9.68. The van der Waals surface area contributed by atoms with Crippen LogP contribution in [0.4, 0.5) is 8.78 Å². The molecule has 3 aromatic heterocycles. The highest BCUT2D eigenvalue weighted by Crippen LogP contribution is 2.33. The Morgan fingerprint density at radius 2 is 1.70 bits per heavy atom. The molecule has 7 nitrogen and oxygen atoms in total. The number of aromatic nitrogens is 6. The zero-order chi connectivity index (χ0) is 14.0. The van der Waals surface area contributed by atoms with Gasteiger partial charge in [0.15, 0.2) is 0 Å². The van der Waals surface area contributed by atoms with Gasteiger partial charge < -0.3 is 4.52 Å². The van der Waals surface area contributed by atoms with Crippen LogP contribution in [0.5, 0.6) is 0 Å². The van der Waals surface area contributed by atoms with Crippen molar-refractivity contribution in [3.05, 3.63) is 48.8 Å². The van der Waals surface area contributed by atoms with E-state index in [-0.39, 0.29) is 11.5 Å². The standard InChI is InChI=1S/C11H6F2N6O/c12-11(13,8-6-15-2-4-17-8)10-18-9(19-20-10)7-5-14-1-3-16-7/h1-6H. The van der Waals surface area contributed by atoms with E-state index in [9.17, 15) is 8.78 Å². The van der Waals surface area contributed by atoms with Gasteiger partial charge in [0.1, 0.15) is 11.4 Å². The van der Waals surface area contributed by atoms with Crippen LogP contribution in [0.15, 0.2) is 41.7 Å². The van der Waals surface area contributed by atoms with E-state index in [1.807, 2.05) is 0 Å². The topological polar surface area (TPSA) is 90.5 Å². The molecule has 0 spiro atoms. The Morgan fingerprint density at radius 1 is 0.950 bits per heavy atom. The van der Waals surface area contributed by atoms with Gasteiger partial charge in [0.05, 0.1) is 12.4 Å². The summed E-state index contributed by atoms with van der Waals surface area (Å²) in [5.74, 6) is -4.47. The maximum atomic E-state index is 14.1. The van der Waals surface area contributed by atoms with Crippen molar-refractivity contribution in [2.75, 3.05) is 0 Å². The molecular formula is C11H6F2N6O. The summed E-state index contributed by atoms with van der Waals surface area (Å²) >= 11 is 0. The molecule has 0 amide bonds. The lowest BCUT2D eigenvalue weighted by molar-refractivity contribution is 0.00299. The molecule has 0 unspecified atom stereocenters. The highest BCUT2D eigenvalue weighted by molar-refractivity contribution is 5.45. The Hall–Kier alpha value is -2.84. The third-order valence-electron chi connectivity index (χ3n) is 2.37. The van der Waals surface area contributed by atoms with Gasteiger partial charge in [0.25, 0.3) is 0 Å². The van der Waals surface area contributed by atoms with Gasteiger partial charge in [-0.1, -0.05) is 5.16 Å². The van der Waals surface area contributed by atoms with Crippen LogP contribution >= 0.6 is 0 Å². The highest BCUT2D eigenvalue weighted by Gasteiger charge is 2.42. The normalized spacial score (nSPS) is 11.5. The third kappa shape index (κ3) is 2.09. The first-order valence-electron chi connectivity index (χ1n) is 5.43. The molecule has 0 radical (unpaired) electrons. The highest BCUT2D eigenvalue weighted by atomic mass is 19.3.